The molecule has 0 aromatic carbocycles. The third kappa shape index (κ3) is 5.81. The predicted octanol–water partition coefficient (Wildman–Crippen LogP) is 4.24. The summed E-state index contributed by atoms with van der Waals surface area (Å²) in [5.41, 5.74) is 0.0747. The number of rotatable bonds is 9. The van der Waals surface area contributed by atoms with Crippen molar-refractivity contribution in [3.8, 4) is 0 Å². The summed E-state index contributed by atoms with van der Waals surface area (Å²) in [7, 11) is 0. The van der Waals surface area contributed by atoms with Crippen molar-refractivity contribution in [1.29, 1.82) is 0 Å². The molecule has 0 radical (unpaired) electrons. The van der Waals surface area contributed by atoms with E-state index in [0.29, 0.717) is 6.42 Å². The molecule has 0 aromatic heterocycles. The van der Waals surface area contributed by atoms with Crippen LogP contribution < -0.4 is 0 Å². The Bertz CT molecular complexity index is 169. The summed E-state index contributed by atoms with van der Waals surface area (Å²) >= 11 is 0. The third-order valence-electron chi connectivity index (χ3n) is 3.15. The molecule has 0 aliphatic carbocycles. The van der Waals surface area contributed by atoms with Gasteiger partial charge < -0.3 is 5.11 Å². The van der Waals surface area contributed by atoms with Crippen molar-refractivity contribution < 1.29 is 9.90 Å². The van der Waals surface area contributed by atoms with E-state index in [-0.39, 0.29) is 5.41 Å². The molecule has 0 aromatic rings. The van der Waals surface area contributed by atoms with Crippen LogP contribution in [0.2, 0.25) is 0 Å². The van der Waals surface area contributed by atoms with Gasteiger partial charge in [0.2, 0.25) is 0 Å². The number of unbranched alkanes of at least 4 members (excludes halogenated alkanes) is 1. The lowest BCUT2D eigenvalue weighted by Gasteiger charge is -2.32. The summed E-state index contributed by atoms with van der Waals surface area (Å²) in [6.07, 6.45) is 8.07. The molecule has 90 valence electrons. The van der Waals surface area contributed by atoms with Crippen LogP contribution in [0.5, 0.6) is 0 Å². The van der Waals surface area contributed by atoms with Crippen LogP contribution in [-0.4, -0.2) is 11.1 Å². The van der Waals surface area contributed by atoms with Gasteiger partial charge in [0, 0.05) is 0 Å². The summed E-state index contributed by atoms with van der Waals surface area (Å²) < 4.78 is 0. The summed E-state index contributed by atoms with van der Waals surface area (Å²) in [6.45, 7) is 6.47. The van der Waals surface area contributed by atoms with Crippen molar-refractivity contribution in [2.45, 2.75) is 72.1 Å². The zero-order valence-corrected chi connectivity index (χ0v) is 10.5. The van der Waals surface area contributed by atoms with Gasteiger partial charge in [0.25, 0.3) is 0 Å². The van der Waals surface area contributed by atoms with Crippen LogP contribution in [0.3, 0.4) is 0 Å². The largest absolute Gasteiger partial charge is 0.481 e. The van der Waals surface area contributed by atoms with Gasteiger partial charge in [0.05, 0.1) is 6.42 Å². The summed E-state index contributed by atoms with van der Waals surface area (Å²) in [6, 6.07) is 0. The van der Waals surface area contributed by atoms with E-state index in [4.69, 9.17) is 5.11 Å². The fourth-order valence-electron chi connectivity index (χ4n) is 2.57. The second-order valence-electron chi connectivity index (χ2n) is 4.67. The van der Waals surface area contributed by atoms with Gasteiger partial charge in [-0.3, -0.25) is 4.79 Å². The molecule has 0 unspecified atom stereocenters. The van der Waals surface area contributed by atoms with Gasteiger partial charge in [-0.05, 0) is 24.7 Å². The highest BCUT2D eigenvalue weighted by Gasteiger charge is 2.30. The lowest BCUT2D eigenvalue weighted by molar-refractivity contribution is -0.140. The molecule has 0 amide bonds. The Morgan fingerprint density at radius 2 is 1.53 bits per heavy atom. The lowest BCUT2D eigenvalue weighted by Crippen LogP contribution is -2.24. The zero-order chi connectivity index (χ0) is 11.7. The normalized spacial score (nSPS) is 11.7. The molecule has 2 heteroatoms. The molecule has 0 fully saturated rings. The van der Waals surface area contributed by atoms with Crippen LogP contribution in [0.1, 0.15) is 72.1 Å². The van der Waals surface area contributed by atoms with Crippen molar-refractivity contribution >= 4 is 5.97 Å². The average Bonchev–Trinajstić information content (AvgIpc) is 2.14. The molecule has 0 aliphatic rings. The standard InChI is InChI=1S/C13H26O2/c1-4-7-10-13(8-5-2,9-6-3)11-12(14)15/h4-11H2,1-3H3,(H,14,15). The van der Waals surface area contributed by atoms with Crippen LogP contribution >= 0.6 is 0 Å². The first-order valence-electron chi connectivity index (χ1n) is 6.32. The second kappa shape index (κ2) is 7.72. The first-order valence-corrected chi connectivity index (χ1v) is 6.32. The number of carboxylic acid groups (broad SMARTS) is 1. The topological polar surface area (TPSA) is 37.3 Å². The van der Waals surface area contributed by atoms with Gasteiger partial charge in [-0.25, -0.2) is 0 Å². The van der Waals surface area contributed by atoms with E-state index in [1.807, 2.05) is 0 Å². The highest BCUT2D eigenvalue weighted by atomic mass is 16.4. The molecule has 2 nitrogen and oxygen atoms in total. The minimum atomic E-state index is -0.631. The Morgan fingerprint density at radius 3 is 1.87 bits per heavy atom. The van der Waals surface area contributed by atoms with Crippen LogP contribution in [0.15, 0.2) is 0 Å². The minimum Gasteiger partial charge on any atom is -0.481 e. The smallest absolute Gasteiger partial charge is 0.303 e. The van der Waals surface area contributed by atoms with Crippen molar-refractivity contribution in [3.05, 3.63) is 0 Å². The van der Waals surface area contributed by atoms with E-state index < -0.39 is 5.97 Å². The molecule has 0 heterocycles. The maximum atomic E-state index is 10.9. The number of carbonyl (C=O) groups is 1. The van der Waals surface area contributed by atoms with Gasteiger partial charge in [-0.1, -0.05) is 46.5 Å². The number of carboxylic acids is 1. The molecule has 0 spiro atoms. The molecule has 1 N–H and O–H groups in total. The molecule has 0 saturated carbocycles. The van der Waals surface area contributed by atoms with Crippen molar-refractivity contribution in [3.63, 3.8) is 0 Å². The van der Waals surface area contributed by atoms with Gasteiger partial charge in [0.15, 0.2) is 0 Å². The van der Waals surface area contributed by atoms with Gasteiger partial charge in [-0.2, -0.15) is 0 Å². The lowest BCUT2D eigenvalue weighted by atomic mass is 9.73. The van der Waals surface area contributed by atoms with Crippen LogP contribution in [0.25, 0.3) is 0 Å². The highest BCUT2D eigenvalue weighted by molar-refractivity contribution is 5.67. The van der Waals surface area contributed by atoms with Crippen LogP contribution in [0.4, 0.5) is 0 Å². The van der Waals surface area contributed by atoms with Gasteiger partial charge >= 0.3 is 5.97 Å². The monoisotopic (exact) mass is 214 g/mol. The van der Waals surface area contributed by atoms with Gasteiger partial charge in [0.1, 0.15) is 0 Å². The Labute approximate surface area is 94.1 Å². The first kappa shape index (κ1) is 14.5. The Morgan fingerprint density at radius 1 is 1.00 bits per heavy atom. The van der Waals surface area contributed by atoms with E-state index in [9.17, 15) is 4.79 Å². The van der Waals surface area contributed by atoms with Crippen LogP contribution in [0, 0.1) is 5.41 Å². The van der Waals surface area contributed by atoms with E-state index in [0.717, 1.165) is 44.9 Å². The van der Waals surface area contributed by atoms with E-state index >= 15 is 0 Å². The van der Waals surface area contributed by atoms with Crippen molar-refractivity contribution in [2.75, 3.05) is 0 Å². The number of hydrogen-bond donors (Lipinski definition) is 1. The fourth-order valence-corrected chi connectivity index (χ4v) is 2.57. The fraction of sp³-hybridized carbons (Fsp3) is 0.923. The number of hydrogen-bond acceptors (Lipinski definition) is 1. The summed E-state index contributed by atoms with van der Waals surface area (Å²) in [5, 5.41) is 9.00. The summed E-state index contributed by atoms with van der Waals surface area (Å²) in [4.78, 5) is 10.9. The molecule has 0 aliphatic heterocycles. The van der Waals surface area contributed by atoms with E-state index in [1.165, 1.54) is 0 Å². The Balaban J connectivity index is 4.47. The Kier molecular flexibility index (Phi) is 7.45. The van der Waals surface area contributed by atoms with Crippen molar-refractivity contribution in [1.82, 2.24) is 0 Å². The molecule has 0 bridgehead atoms. The van der Waals surface area contributed by atoms with E-state index in [2.05, 4.69) is 20.8 Å². The summed E-state index contributed by atoms with van der Waals surface area (Å²) in [5.74, 6) is -0.631. The predicted molar refractivity (Wildman–Crippen MR) is 64.0 cm³/mol. The highest BCUT2D eigenvalue weighted by Crippen LogP contribution is 2.38. The van der Waals surface area contributed by atoms with E-state index in [1.54, 1.807) is 0 Å². The van der Waals surface area contributed by atoms with Gasteiger partial charge in [-0.15, -0.1) is 0 Å². The maximum absolute atomic E-state index is 10.9. The first-order chi connectivity index (χ1) is 7.10. The van der Waals surface area contributed by atoms with Crippen molar-refractivity contribution in [2.24, 2.45) is 5.41 Å². The molecular formula is C13H26O2. The molecule has 0 rings (SSSR count). The zero-order valence-electron chi connectivity index (χ0n) is 10.5. The molecule has 0 atom stereocenters. The van der Waals surface area contributed by atoms with Crippen LogP contribution in [-0.2, 0) is 4.79 Å². The minimum absolute atomic E-state index is 0.0747. The molecule has 0 saturated heterocycles. The molecular weight excluding hydrogens is 188 g/mol. The molecule has 15 heavy (non-hydrogen) atoms. The number of aliphatic carboxylic acids is 1. The Hall–Kier alpha value is -0.530. The maximum Gasteiger partial charge on any atom is 0.303 e. The quantitative estimate of drug-likeness (QED) is 0.623. The SMILES string of the molecule is CCCCC(CCC)(CCC)CC(=O)O. The second-order valence-corrected chi connectivity index (χ2v) is 4.67. The third-order valence-corrected chi connectivity index (χ3v) is 3.15. The average molecular weight is 214 g/mol.